The number of ether oxygens (including phenoxy) is 1. The fourth-order valence-corrected chi connectivity index (χ4v) is 1.65. The van der Waals surface area contributed by atoms with Crippen molar-refractivity contribution in [3.8, 4) is 5.75 Å². The lowest BCUT2D eigenvalue weighted by Gasteiger charge is -2.17. The molecular weight excluding hydrogens is 238 g/mol. The number of hydrogen-bond donors (Lipinski definition) is 1. The highest BCUT2D eigenvalue weighted by atomic mass is 16.5. The maximum Gasteiger partial charge on any atom is 0.134 e. The van der Waals surface area contributed by atoms with E-state index in [-0.39, 0.29) is 5.75 Å². The highest BCUT2D eigenvalue weighted by Gasteiger charge is 2.05. The summed E-state index contributed by atoms with van der Waals surface area (Å²) in [6.45, 7) is 12.6. The Kier molecular flexibility index (Phi) is 9.81. The molecule has 108 valence electrons. The lowest BCUT2D eigenvalue weighted by atomic mass is 10.1. The lowest BCUT2D eigenvalue weighted by molar-refractivity contribution is 0.0285. The van der Waals surface area contributed by atoms with Crippen LogP contribution in [0.5, 0.6) is 5.75 Å². The lowest BCUT2D eigenvalue weighted by Crippen LogP contribution is -2.14. The van der Waals surface area contributed by atoms with E-state index in [9.17, 15) is 0 Å². The molecule has 1 unspecified atom stereocenters. The van der Waals surface area contributed by atoms with Gasteiger partial charge < -0.3 is 9.84 Å². The van der Waals surface area contributed by atoms with E-state index in [1.54, 1.807) is 12.1 Å². The van der Waals surface area contributed by atoms with E-state index in [2.05, 4.69) is 18.5 Å². The monoisotopic (exact) mass is 265 g/mol. The van der Waals surface area contributed by atoms with Gasteiger partial charge in [-0.15, -0.1) is 0 Å². The fourth-order valence-electron chi connectivity index (χ4n) is 1.65. The first-order valence-electron chi connectivity index (χ1n) is 7.03. The van der Waals surface area contributed by atoms with Crippen molar-refractivity contribution in [2.45, 2.75) is 53.1 Å². The van der Waals surface area contributed by atoms with Gasteiger partial charge in [0.1, 0.15) is 5.75 Å². The molecule has 0 radical (unpaired) electrons. The molecule has 1 aliphatic rings. The number of nitrogens with zero attached hydrogens (tertiary/aromatic N) is 1. The van der Waals surface area contributed by atoms with Gasteiger partial charge in [-0.25, -0.2) is 0 Å². The van der Waals surface area contributed by atoms with E-state index < -0.39 is 0 Å². The van der Waals surface area contributed by atoms with Crippen LogP contribution in [0.4, 0.5) is 0 Å². The first-order chi connectivity index (χ1) is 9.13. The molecule has 0 saturated carbocycles. The third-order valence-electron chi connectivity index (χ3n) is 2.74. The zero-order valence-corrected chi connectivity index (χ0v) is 12.6. The van der Waals surface area contributed by atoms with E-state index in [0.717, 1.165) is 17.9 Å². The fraction of sp³-hybridized carbons (Fsp3) is 0.562. The first-order valence-corrected chi connectivity index (χ1v) is 7.03. The normalized spacial score (nSPS) is 17.4. The van der Waals surface area contributed by atoms with E-state index in [1.807, 2.05) is 20.8 Å². The third kappa shape index (κ3) is 7.62. The average molecular weight is 265 g/mol. The molecule has 1 atom stereocenters. The summed E-state index contributed by atoms with van der Waals surface area (Å²) in [6.07, 6.45) is 7.52. The molecule has 2 rings (SSSR count). The zero-order chi connectivity index (χ0) is 14.7. The molecule has 0 amide bonds. The van der Waals surface area contributed by atoms with Crippen LogP contribution in [0.3, 0.4) is 0 Å². The molecule has 1 saturated heterocycles. The maximum atomic E-state index is 8.96. The van der Waals surface area contributed by atoms with E-state index >= 15 is 0 Å². The molecule has 0 spiro atoms. The van der Waals surface area contributed by atoms with Crippen molar-refractivity contribution in [3.05, 3.63) is 30.1 Å². The number of hydrogen-bond acceptors (Lipinski definition) is 3. The predicted octanol–water partition coefficient (Wildman–Crippen LogP) is 4.34. The highest BCUT2D eigenvalue weighted by Crippen LogP contribution is 2.13. The van der Waals surface area contributed by atoms with Crippen molar-refractivity contribution in [1.29, 1.82) is 0 Å². The van der Waals surface area contributed by atoms with Gasteiger partial charge in [0, 0.05) is 12.3 Å². The second-order valence-corrected chi connectivity index (χ2v) is 4.25. The Morgan fingerprint density at radius 3 is 2.47 bits per heavy atom. The van der Waals surface area contributed by atoms with Crippen LogP contribution < -0.4 is 0 Å². The Balaban J connectivity index is 0.000000316. The van der Waals surface area contributed by atoms with E-state index in [1.165, 1.54) is 25.5 Å². The molecular formula is C16H27NO2. The van der Waals surface area contributed by atoms with Crippen molar-refractivity contribution in [1.82, 2.24) is 4.98 Å². The molecule has 3 nitrogen and oxygen atoms in total. The predicted molar refractivity (Wildman–Crippen MR) is 81.3 cm³/mol. The van der Waals surface area contributed by atoms with Crippen LogP contribution >= 0.6 is 0 Å². The van der Waals surface area contributed by atoms with Gasteiger partial charge in [-0.3, -0.25) is 4.98 Å². The molecule has 0 bridgehead atoms. The van der Waals surface area contributed by atoms with Crippen molar-refractivity contribution in [2.24, 2.45) is 0 Å². The number of aryl methyl sites for hydroxylation is 1. The molecule has 1 fully saturated rings. The second-order valence-electron chi connectivity index (χ2n) is 4.25. The molecule has 1 aromatic heterocycles. The van der Waals surface area contributed by atoms with Gasteiger partial charge in [-0.05, 0) is 44.7 Å². The summed E-state index contributed by atoms with van der Waals surface area (Å²) in [4.78, 5) is 3.93. The van der Waals surface area contributed by atoms with Crippen LogP contribution in [-0.2, 0) is 4.74 Å². The molecule has 1 aromatic rings. The van der Waals surface area contributed by atoms with Gasteiger partial charge in [-0.1, -0.05) is 26.5 Å². The summed E-state index contributed by atoms with van der Waals surface area (Å²) >= 11 is 0. The minimum Gasteiger partial charge on any atom is -0.506 e. The Hall–Kier alpha value is -1.35. The number of pyridine rings is 1. The maximum absolute atomic E-state index is 8.96. The molecule has 1 aliphatic heterocycles. The summed E-state index contributed by atoms with van der Waals surface area (Å²) in [5, 5.41) is 8.96. The molecule has 3 heteroatoms. The smallest absolute Gasteiger partial charge is 0.134 e. The number of rotatable bonds is 1. The molecule has 19 heavy (non-hydrogen) atoms. The third-order valence-corrected chi connectivity index (χ3v) is 2.74. The van der Waals surface area contributed by atoms with Crippen molar-refractivity contribution in [2.75, 3.05) is 6.61 Å². The molecule has 0 aromatic carbocycles. The van der Waals surface area contributed by atoms with Crippen LogP contribution in [-0.4, -0.2) is 22.8 Å². The van der Waals surface area contributed by atoms with E-state index in [4.69, 9.17) is 9.84 Å². The molecule has 0 aliphatic carbocycles. The Morgan fingerprint density at radius 2 is 2.11 bits per heavy atom. The van der Waals surface area contributed by atoms with Crippen LogP contribution in [0, 0.1) is 6.92 Å². The molecule has 1 N–H and O–H groups in total. The Bertz CT molecular complexity index is 358. The van der Waals surface area contributed by atoms with Crippen LogP contribution in [0.1, 0.15) is 51.3 Å². The van der Waals surface area contributed by atoms with Gasteiger partial charge >= 0.3 is 0 Å². The van der Waals surface area contributed by atoms with Crippen LogP contribution in [0.2, 0.25) is 0 Å². The summed E-state index contributed by atoms with van der Waals surface area (Å²) in [5.41, 5.74) is 1.76. The average Bonchev–Trinajstić information content (AvgIpc) is 2.45. The van der Waals surface area contributed by atoms with Crippen molar-refractivity contribution in [3.63, 3.8) is 0 Å². The topological polar surface area (TPSA) is 42.4 Å². The zero-order valence-electron chi connectivity index (χ0n) is 12.6. The summed E-state index contributed by atoms with van der Waals surface area (Å²) < 4.78 is 5.28. The van der Waals surface area contributed by atoms with Gasteiger partial charge in [0.05, 0.1) is 12.3 Å². The largest absolute Gasteiger partial charge is 0.506 e. The minimum atomic E-state index is 0.181. The van der Waals surface area contributed by atoms with Gasteiger partial charge in [0.2, 0.25) is 0 Å². The summed E-state index contributed by atoms with van der Waals surface area (Å²) in [6, 6.07) is 1.63. The summed E-state index contributed by atoms with van der Waals surface area (Å²) in [7, 11) is 0. The van der Waals surface area contributed by atoms with Crippen molar-refractivity contribution < 1.29 is 9.84 Å². The van der Waals surface area contributed by atoms with Gasteiger partial charge in [0.15, 0.2) is 0 Å². The quantitative estimate of drug-likeness (QED) is 0.821. The van der Waals surface area contributed by atoms with Crippen LogP contribution in [0.15, 0.2) is 18.8 Å². The van der Waals surface area contributed by atoms with E-state index in [0.29, 0.717) is 6.10 Å². The van der Waals surface area contributed by atoms with Gasteiger partial charge in [-0.2, -0.15) is 0 Å². The van der Waals surface area contributed by atoms with Crippen molar-refractivity contribution >= 4 is 6.08 Å². The molecule has 2 heterocycles. The first kappa shape index (κ1) is 17.6. The summed E-state index contributed by atoms with van der Waals surface area (Å²) in [5.74, 6) is 0.181. The standard InChI is InChI=1S/C8H9NO.C6H12O.C2H6/c1-3-7-4-8(10)5-9-6(7)2;1-6-4-2-3-5-7-6;1-2/h3-5,10H,1H2,2H3;6H,2-5H2,1H3;1-2H3. The minimum absolute atomic E-state index is 0.181. The van der Waals surface area contributed by atoms with Crippen LogP contribution in [0.25, 0.3) is 6.08 Å². The van der Waals surface area contributed by atoms with Gasteiger partial charge in [0.25, 0.3) is 0 Å². The Labute approximate surface area is 117 Å². The number of aromatic hydroxyl groups is 1. The Morgan fingerprint density at radius 1 is 1.42 bits per heavy atom. The second kappa shape index (κ2) is 10.6. The number of aromatic nitrogens is 1. The highest BCUT2D eigenvalue weighted by molar-refractivity contribution is 5.51. The SMILES string of the molecule is C=Cc1cc(O)cnc1C.CC.CC1CCCCO1.